The smallest absolute Gasteiger partial charge is 0.405 e. The van der Waals surface area contributed by atoms with Crippen LogP contribution in [0.1, 0.15) is 33.1 Å². The van der Waals surface area contributed by atoms with Gasteiger partial charge in [0.25, 0.3) is 5.91 Å². The summed E-state index contributed by atoms with van der Waals surface area (Å²) in [5, 5.41) is 11.4. The van der Waals surface area contributed by atoms with Crippen LogP contribution < -0.4 is 11.1 Å². The Bertz CT molecular complexity index is 355. The highest BCUT2D eigenvalue weighted by Gasteiger charge is 2.46. The molecule has 0 aromatic heterocycles. The summed E-state index contributed by atoms with van der Waals surface area (Å²) in [6.07, 6.45) is -0.234. The standard InChI is InChI=1S/C11H17N3O3/c1-7(2)5-8(17-10(13)16)9(15)14-11(6-12)3-4-11/h7-8H,3-5H2,1-2H3,(H2,13,16)(H,14,15). The first-order valence-electron chi connectivity index (χ1n) is 5.58. The summed E-state index contributed by atoms with van der Waals surface area (Å²) in [7, 11) is 0. The first-order chi connectivity index (χ1) is 7.88. The molecule has 1 aliphatic carbocycles. The van der Waals surface area contributed by atoms with E-state index in [0.717, 1.165) is 0 Å². The van der Waals surface area contributed by atoms with Crippen LogP contribution in [-0.2, 0) is 9.53 Å². The van der Waals surface area contributed by atoms with Gasteiger partial charge >= 0.3 is 6.09 Å². The summed E-state index contributed by atoms with van der Waals surface area (Å²) in [6.45, 7) is 3.81. The first-order valence-corrected chi connectivity index (χ1v) is 5.58. The Kier molecular flexibility index (Phi) is 3.94. The lowest BCUT2D eigenvalue weighted by atomic mass is 10.0. The predicted molar refractivity (Wildman–Crippen MR) is 59.6 cm³/mol. The average molecular weight is 239 g/mol. The lowest BCUT2D eigenvalue weighted by Crippen LogP contribution is -2.45. The summed E-state index contributed by atoms with van der Waals surface area (Å²) < 4.78 is 4.76. The number of amides is 2. The van der Waals surface area contributed by atoms with E-state index in [9.17, 15) is 9.59 Å². The number of nitrogens with two attached hydrogens (primary N) is 1. The Labute approximate surface area is 100 Å². The Morgan fingerprint density at radius 3 is 2.47 bits per heavy atom. The molecular weight excluding hydrogens is 222 g/mol. The number of primary amides is 1. The SMILES string of the molecule is CC(C)CC(OC(N)=O)C(=O)NC1(C#N)CC1. The molecular formula is C11H17N3O3. The number of hydrogen-bond acceptors (Lipinski definition) is 4. The monoisotopic (exact) mass is 239 g/mol. The quantitative estimate of drug-likeness (QED) is 0.735. The molecule has 0 heterocycles. The number of ether oxygens (including phenoxy) is 1. The van der Waals surface area contributed by atoms with Crippen molar-refractivity contribution in [1.82, 2.24) is 5.32 Å². The fourth-order valence-electron chi connectivity index (χ4n) is 1.48. The number of rotatable bonds is 5. The molecule has 6 heteroatoms. The van der Waals surface area contributed by atoms with Crippen LogP contribution >= 0.6 is 0 Å². The molecule has 0 aliphatic heterocycles. The topological polar surface area (TPSA) is 105 Å². The molecule has 6 nitrogen and oxygen atoms in total. The third-order valence-corrected chi connectivity index (χ3v) is 2.56. The Morgan fingerprint density at radius 2 is 2.12 bits per heavy atom. The lowest BCUT2D eigenvalue weighted by Gasteiger charge is -2.19. The van der Waals surface area contributed by atoms with E-state index in [-0.39, 0.29) is 5.92 Å². The highest BCUT2D eigenvalue weighted by Crippen LogP contribution is 2.34. The van der Waals surface area contributed by atoms with Gasteiger partial charge in [-0.25, -0.2) is 4.79 Å². The van der Waals surface area contributed by atoms with Crippen molar-refractivity contribution in [2.75, 3.05) is 0 Å². The molecule has 1 fully saturated rings. The van der Waals surface area contributed by atoms with Crippen molar-refractivity contribution in [2.24, 2.45) is 11.7 Å². The number of carbonyl (C=O) groups is 2. The van der Waals surface area contributed by atoms with Crippen LogP contribution in [0.15, 0.2) is 0 Å². The van der Waals surface area contributed by atoms with Gasteiger partial charge in [-0.15, -0.1) is 0 Å². The maximum absolute atomic E-state index is 11.8. The molecule has 1 atom stereocenters. The molecule has 0 bridgehead atoms. The zero-order valence-corrected chi connectivity index (χ0v) is 10.0. The maximum Gasteiger partial charge on any atom is 0.405 e. The van der Waals surface area contributed by atoms with Crippen LogP contribution in [0, 0.1) is 17.2 Å². The zero-order chi connectivity index (χ0) is 13.1. The molecule has 94 valence electrons. The number of nitrogens with zero attached hydrogens (tertiary/aromatic N) is 1. The predicted octanol–water partition coefficient (Wildman–Crippen LogP) is 0.669. The van der Waals surface area contributed by atoms with Gasteiger partial charge in [0, 0.05) is 0 Å². The fourth-order valence-corrected chi connectivity index (χ4v) is 1.48. The number of hydrogen-bond donors (Lipinski definition) is 2. The normalized spacial score (nSPS) is 18.0. The Balaban J connectivity index is 2.59. The number of carbonyl (C=O) groups excluding carboxylic acids is 2. The van der Waals surface area contributed by atoms with Gasteiger partial charge < -0.3 is 15.8 Å². The van der Waals surface area contributed by atoms with Gasteiger partial charge in [-0.2, -0.15) is 5.26 Å². The second kappa shape index (κ2) is 5.04. The van der Waals surface area contributed by atoms with Crippen LogP contribution in [0.5, 0.6) is 0 Å². The van der Waals surface area contributed by atoms with Gasteiger partial charge in [-0.1, -0.05) is 13.8 Å². The molecule has 17 heavy (non-hydrogen) atoms. The Hall–Kier alpha value is -1.77. The van der Waals surface area contributed by atoms with Crippen molar-refractivity contribution in [2.45, 2.75) is 44.8 Å². The van der Waals surface area contributed by atoms with E-state index in [2.05, 4.69) is 5.32 Å². The van der Waals surface area contributed by atoms with E-state index in [0.29, 0.717) is 19.3 Å². The van der Waals surface area contributed by atoms with Crippen LogP contribution in [-0.4, -0.2) is 23.6 Å². The minimum Gasteiger partial charge on any atom is -0.436 e. The highest BCUT2D eigenvalue weighted by molar-refractivity contribution is 5.84. The third-order valence-electron chi connectivity index (χ3n) is 2.56. The van der Waals surface area contributed by atoms with E-state index in [4.69, 9.17) is 15.7 Å². The van der Waals surface area contributed by atoms with Crippen LogP contribution in [0.25, 0.3) is 0 Å². The zero-order valence-electron chi connectivity index (χ0n) is 10.0. The summed E-state index contributed by atoms with van der Waals surface area (Å²) in [4.78, 5) is 22.5. The van der Waals surface area contributed by atoms with Gasteiger partial charge in [0.1, 0.15) is 5.54 Å². The molecule has 1 rings (SSSR count). The first kappa shape index (κ1) is 13.3. The summed E-state index contributed by atoms with van der Waals surface area (Å²) in [5.74, 6) is -0.265. The van der Waals surface area contributed by atoms with E-state index >= 15 is 0 Å². The van der Waals surface area contributed by atoms with Crippen LogP contribution in [0.2, 0.25) is 0 Å². The van der Waals surface area contributed by atoms with E-state index < -0.39 is 23.6 Å². The van der Waals surface area contributed by atoms with Crippen molar-refractivity contribution in [3.8, 4) is 6.07 Å². The molecule has 0 aromatic carbocycles. The van der Waals surface area contributed by atoms with Gasteiger partial charge in [-0.3, -0.25) is 4.79 Å². The van der Waals surface area contributed by atoms with E-state index in [1.165, 1.54) is 0 Å². The average Bonchev–Trinajstić information content (AvgIpc) is 2.96. The van der Waals surface area contributed by atoms with Crippen molar-refractivity contribution in [3.05, 3.63) is 0 Å². The second-order valence-electron chi connectivity index (χ2n) is 4.74. The molecule has 0 radical (unpaired) electrons. The largest absolute Gasteiger partial charge is 0.436 e. The molecule has 1 aliphatic rings. The molecule has 0 aromatic rings. The number of nitriles is 1. The highest BCUT2D eigenvalue weighted by atomic mass is 16.6. The molecule has 0 saturated heterocycles. The van der Waals surface area contributed by atoms with E-state index in [1.54, 1.807) is 0 Å². The summed E-state index contributed by atoms with van der Waals surface area (Å²) in [6, 6.07) is 2.04. The Morgan fingerprint density at radius 1 is 1.53 bits per heavy atom. The summed E-state index contributed by atoms with van der Waals surface area (Å²) in [5.41, 5.74) is 4.16. The molecule has 1 saturated carbocycles. The van der Waals surface area contributed by atoms with Crippen LogP contribution in [0.4, 0.5) is 4.79 Å². The minimum absolute atomic E-state index is 0.183. The lowest BCUT2D eigenvalue weighted by molar-refractivity contribution is -0.130. The molecule has 3 N–H and O–H groups in total. The summed E-state index contributed by atoms with van der Waals surface area (Å²) >= 11 is 0. The molecule has 2 amide bonds. The van der Waals surface area contributed by atoms with Crippen molar-refractivity contribution in [3.63, 3.8) is 0 Å². The third kappa shape index (κ3) is 3.94. The minimum atomic E-state index is -0.979. The van der Waals surface area contributed by atoms with Crippen molar-refractivity contribution >= 4 is 12.0 Å². The van der Waals surface area contributed by atoms with Crippen molar-refractivity contribution in [1.29, 1.82) is 5.26 Å². The van der Waals surface area contributed by atoms with Gasteiger partial charge in [0.2, 0.25) is 0 Å². The van der Waals surface area contributed by atoms with E-state index in [1.807, 2.05) is 19.9 Å². The maximum atomic E-state index is 11.8. The van der Waals surface area contributed by atoms with Gasteiger partial charge in [0.15, 0.2) is 6.10 Å². The van der Waals surface area contributed by atoms with Gasteiger partial charge in [-0.05, 0) is 25.2 Å². The molecule has 1 unspecified atom stereocenters. The molecule has 0 spiro atoms. The van der Waals surface area contributed by atoms with Crippen molar-refractivity contribution < 1.29 is 14.3 Å². The van der Waals surface area contributed by atoms with Gasteiger partial charge in [0.05, 0.1) is 6.07 Å². The number of nitrogens with one attached hydrogen (secondary N) is 1. The van der Waals surface area contributed by atoms with Crippen LogP contribution in [0.3, 0.4) is 0 Å². The second-order valence-corrected chi connectivity index (χ2v) is 4.74. The fraction of sp³-hybridized carbons (Fsp3) is 0.727.